The molecule has 0 saturated carbocycles. The zero-order valence-corrected chi connectivity index (χ0v) is 14.1. The maximum absolute atomic E-state index is 14.7. The Labute approximate surface area is 129 Å². The molecule has 0 aromatic carbocycles. The Morgan fingerprint density at radius 2 is 1.90 bits per heavy atom. The molecule has 0 amide bonds. The summed E-state index contributed by atoms with van der Waals surface area (Å²) in [6.07, 6.45) is 3.94. The molecule has 1 N–H and O–H groups in total. The third-order valence-corrected chi connectivity index (χ3v) is 3.97. The Bertz CT molecular complexity index is 416. The fourth-order valence-electron chi connectivity index (χ4n) is 2.37. The molecule has 1 aromatic heterocycles. The molecule has 0 radical (unpaired) electrons. The van der Waals surface area contributed by atoms with Crippen LogP contribution in [0.5, 0.6) is 0 Å². The first kappa shape index (κ1) is 17.9. The third-order valence-electron chi connectivity index (χ3n) is 3.97. The van der Waals surface area contributed by atoms with Crippen LogP contribution in [-0.4, -0.2) is 24.1 Å². The van der Waals surface area contributed by atoms with Crippen molar-refractivity contribution in [1.29, 1.82) is 0 Å². The summed E-state index contributed by atoms with van der Waals surface area (Å²) >= 11 is 0. The summed E-state index contributed by atoms with van der Waals surface area (Å²) in [6, 6.07) is 2.10. The predicted octanol–water partition coefficient (Wildman–Crippen LogP) is 3.98. The normalized spacial score (nSPS) is 11.4. The van der Waals surface area contributed by atoms with Gasteiger partial charge in [-0.25, -0.2) is 9.37 Å². The molecule has 0 bridgehead atoms. The van der Waals surface area contributed by atoms with Crippen molar-refractivity contribution in [3.05, 3.63) is 23.6 Å². The Morgan fingerprint density at radius 3 is 2.43 bits per heavy atom. The zero-order chi connectivity index (χ0) is 15.8. The van der Waals surface area contributed by atoms with Gasteiger partial charge in [-0.05, 0) is 18.9 Å². The van der Waals surface area contributed by atoms with Crippen LogP contribution < -0.4 is 10.2 Å². The number of halogens is 1. The highest BCUT2D eigenvalue weighted by Crippen LogP contribution is 2.22. The van der Waals surface area contributed by atoms with Crippen LogP contribution in [0.4, 0.5) is 10.2 Å². The molecule has 1 rings (SSSR count). The number of hydrogen-bond acceptors (Lipinski definition) is 3. The molecule has 0 unspecified atom stereocenters. The van der Waals surface area contributed by atoms with E-state index in [1.54, 1.807) is 12.3 Å². The van der Waals surface area contributed by atoms with Crippen LogP contribution in [0.3, 0.4) is 0 Å². The lowest BCUT2D eigenvalue weighted by Crippen LogP contribution is -2.31. The number of nitrogens with zero attached hydrogens (tertiary/aromatic N) is 2. The Hall–Kier alpha value is -1.16. The summed E-state index contributed by atoms with van der Waals surface area (Å²) in [5.41, 5.74) is 0.691. The molecule has 0 aliphatic heterocycles. The van der Waals surface area contributed by atoms with Gasteiger partial charge in [0.05, 0.1) is 0 Å². The second kappa shape index (κ2) is 8.98. The Balaban J connectivity index is 2.91. The number of anilines is 1. The van der Waals surface area contributed by atoms with E-state index >= 15 is 0 Å². The lowest BCUT2D eigenvalue weighted by Gasteiger charge is -2.27. The van der Waals surface area contributed by atoms with E-state index in [0.717, 1.165) is 25.9 Å². The smallest absolute Gasteiger partial charge is 0.170 e. The van der Waals surface area contributed by atoms with Crippen LogP contribution in [0.15, 0.2) is 12.3 Å². The van der Waals surface area contributed by atoms with E-state index in [-0.39, 0.29) is 5.82 Å². The summed E-state index contributed by atoms with van der Waals surface area (Å²) in [6.45, 7) is 12.8. The molecule has 1 heterocycles. The van der Waals surface area contributed by atoms with E-state index in [4.69, 9.17) is 0 Å². The van der Waals surface area contributed by atoms with E-state index in [9.17, 15) is 4.39 Å². The molecule has 21 heavy (non-hydrogen) atoms. The largest absolute Gasteiger partial charge is 0.354 e. The zero-order valence-electron chi connectivity index (χ0n) is 14.1. The van der Waals surface area contributed by atoms with E-state index in [1.165, 1.54) is 0 Å². The molecule has 120 valence electrons. The molecule has 0 atom stereocenters. The lowest BCUT2D eigenvalue weighted by molar-refractivity contribution is 0.477. The van der Waals surface area contributed by atoms with Crippen LogP contribution in [0.2, 0.25) is 0 Å². The molecule has 0 aliphatic carbocycles. The van der Waals surface area contributed by atoms with Crippen molar-refractivity contribution in [2.24, 2.45) is 5.92 Å². The number of hydrogen-bond donors (Lipinski definition) is 1. The summed E-state index contributed by atoms with van der Waals surface area (Å²) in [5, 5.41) is 3.26. The van der Waals surface area contributed by atoms with Crippen LogP contribution in [0.1, 0.15) is 53.0 Å². The van der Waals surface area contributed by atoms with Gasteiger partial charge in [0.1, 0.15) is 0 Å². The highest BCUT2D eigenvalue weighted by molar-refractivity contribution is 5.43. The van der Waals surface area contributed by atoms with Crippen molar-refractivity contribution in [2.75, 3.05) is 18.0 Å². The van der Waals surface area contributed by atoms with Crippen LogP contribution in [-0.2, 0) is 6.54 Å². The van der Waals surface area contributed by atoms with Gasteiger partial charge in [-0.1, -0.05) is 40.5 Å². The van der Waals surface area contributed by atoms with Crippen molar-refractivity contribution in [1.82, 2.24) is 10.3 Å². The Morgan fingerprint density at radius 1 is 1.24 bits per heavy atom. The summed E-state index contributed by atoms with van der Waals surface area (Å²) in [4.78, 5) is 6.34. The first-order chi connectivity index (χ1) is 10.0. The quantitative estimate of drug-likeness (QED) is 0.747. The van der Waals surface area contributed by atoms with Crippen molar-refractivity contribution < 1.29 is 4.39 Å². The van der Waals surface area contributed by atoms with Crippen LogP contribution in [0, 0.1) is 11.7 Å². The average molecular weight is 295 g/mol. The van der Waals surface area contributed by atoms with Gasteiger partial charge < -0.3 is 10.2 Å². The van der Waals surface area contributed by atoms with E-state index in [2.05, 4.69) is 49.8 Å². The molecular formula is C17H30FN3. The second-order valence-electron chi connectivity index (χ2n) is 5.86. The first-order valence-corrected chi connectivity index (χ1v) is 8.15. The molecule has 0 aliphatic rings. The number of rotatable bonds is 9. The standard InChI is InChI=1S/C17H30FN3/c1-6-14(7-2)12-21(8-3)17-16(18)15(9-10-19-17)11-20-13(4)5/h9-10,13-14,20H,6-8,11-12H2,1-5H3. The Kier molecular flexibility index (Phi) is 7.65. The predicted molar refractivity (Wildman–Crippen MR) is 88.1 cm³/mol. The van der Waals surface area contributed by atoms with Gasteiger partial charge in [0.2, 0.25) is 0 Å². The van der Waals surface area contributed by atoms with Gasteiger partial charge in [-0.3, -0.25) is 0 Å². The highest BCUT2D eigenvalue weighted by Gasteiger charge is 2.17. The van der Waals surface area contributed by atoms with E-state index < -0.39 is 0 Å². The number of aromatic nitrogens is 1. The number of nitrogens with one attached hydrogen (secondary N) is 1. The molecule has 4 heteroatoms. The van der Waals surface area contributed by atoms with E-state index in [0.29, 0.717) is 29.9 Å². The number of pyridine rings is 1. The molecule has 1 aromatic rings. The second-order valence-corrected chi connectivity index (χ2v) is 5.86. The van der Waals surface area contributed by atoms with Crippen molar-refractivity contribution >= 4 is 5.82 Å². The minimum Gasteiger partial charge on any atom is -0.354 e. The van der Waals surface area contributed by atoms with Gasteiger partial charge >= 0.3 is 0 Å². The highest BCUT2D eigenvalue weighted by atomic mass is 19.1. The van der Waals surface area contributed by atoms with E-state index in [1.807, 2.05) is 0 Å². The monoisotopic (exact) mass is 295 g/mol. The maximum atomic E-state index is 14.7. The van der Waals surface area contributed by atoms with Gasteiger partial charge in [0.25, 0.3) is 0 Å². The van der Waals surface area contributed by atoms with Gasteiger partial charge in [-0.15, -0.1) is 0 Å². The lowest BCUT2D eigenvalue weighted by atomic mass is 10.0. The minimum absolute atomic E-state index is 0.182. The summed E-state index contributed by atoms with van der Waals surface area (Å²) in [5.74, 6) is 0.898. The fraction of sp³-hybridized carbons (Fsp3) is 0.706. The van der Waals surface area contributed by atoms with Crippen LogP contribution >= 0.6 is 0 Å². The van der Waals surface area contributed by atoms with Crippen LogP contribution in [0.25, 0.3) is 0 Å². The first-order valence-electron chi connectivity index (χ1n) is 8.15. The van der Waals surface area contributed by atoms with Crippen molar-refractivity contribution in [3.63, 3.8) is 0 Å². The van der Waals surface area contributed by atoms with Gasteiger partial charge in [-0.2, -0.15) is 0 Å². The molecule has 0 fully saturated rings. The average Bonchev–Trinajstić information content (AvgIpc) is 2.48. The van der Waals surface area contributed by atoms with Crippen molar-refractivity contribution in [2.45, 2.75) is 60.0 Å². The van der Waals surface area contributed by atoms with Crippen molar-refractivity contribution in [3.8, 4) is 0 Å². The molecule has 0 saturated heterocycles. The maximum Gasteiger partial charge on any atom is 0.170 e. The van der Waals surface area contributed by atoms with Gasteiger partial charge in [0, 0.05) is 37.4 Å². The van der Waals surface area contributed by atoms with Gasteiger partial charge in [0.15, 0.2) is 11.6 Å². The molecule has 3 nitrogen and oxygen atoms in total. The topological polar surface area (TPSA) is 28.2 Å². The molecular weight excluding hydrogens is 265 g/mol. The molecule has 0 spiro atoms. The SMILES string of the molecule is CCC(CC)CN(CC)c1nccc(CNC(C)C)c1F. The summed E-state index contributed by atoms with van der Waals surface area (Å²) in [7, 11) is 0. The summed E-state index contributed by atoms with van der Waals surface area (Å²) < 4.78 is 14.7. The third kappa shape index (κ3) is 5.27. The minimum atomic E-state index is -0.182. The fourth-order valence-corrected chi connectivity index (χ4v) is 2.37.